The quantitative estimate of drug-likeness (QED) is 0.530. The molecule has 0 saturated carbocycles. The third kappa shape index (κ3) is 1.25. The molecule has 1 aromatic rings. The van der Waals surface area contributed by atoms with E-state index in [-0.39, 0.29) is 5.82 Å². The van der Waals surface area contributed by atoms with Crippen molar-refractivity contribution in [1.82, 2.24) is 9.78 Å². The molecule has 0 radical (unpaired) electrons. The van der Waals surface area contributed by atoms with Gasteiger partial charge in [0.05, 0.1) is 17.8 Å². The molecule has 0 fully saturated rings. The Balaban J connectivity index is 3.29. The fourth-order valence-corrected chi connectivity index (χ4v) is 1.16. The van der Waals surface area contributed by atoms with E-state index in [1.54, 1.807) is 14.0 Å². The SMILES string of the molecule is Cc1c(Br)c([N+](=O)[O-])nn1C. The van der Waals surface area contributed by atoms with Crippen LogP contribution in [0.1, 0.15) is 5.69 Å². The molecular weight excluding hydrogens is 214 g/mol. The van der Waals surface area contributed by atoms with Gasteiger partial charge in [-0.05, 0) is 27.8 Å². The molecule has 0 aromatic carbocycles. The van der Waals surface area contributed by atoms with Crippen molar-refractivity contribution >= 4 is 21.7 Å². The summed E-state index contributed by atoms with van der Waals surface area (Å²) < 4.78 is 1.91. The molecular formula is C5H6BrN3O2. The zero-order valence-corrected chi connectivity index (χ0v) is 7.62. The van der Waals surface area contributed by atoms with Crippen LogP contribution in [0.25, 0.3) is 0 Å². The largest absolute Gasteiger partial charge is 0.404 e. The summed E-state index contributed by atoms with van der Waals surface area (Å²) in [5, 5.41) is 14.0. The molecule has 0 atom stereocenters. The molecule has 0 amide bonds. The molecule has 0 unspecified atom stereocenters. The van der Waals surface area contributed by atoms with Crippen LogP contribution < -0.4 is 0 Å². The highest BCUT2D eigenvalue weighted by molar-refractivity contribution is 9.10. The maximum absolute atomic E-state index is 10.3. The van der Waals surface area contributed by atoms with Crippen LogP contribution in [0, 0.1) is 17.0 Å². The van der Waals surface area contributed by atoms with Crippen LogP contribution in [-0.4, -0.2) is 14.7 Å². The van der Waals surface area contributed by atoms with Crippen molar-refractivity contribution in [3.8, 4) is 0 Å². The zero-order valence-electron chi connectivity index (χ0n) is 6.04. The van der Waals surface area contributed by atoms with Crippen LogP contribution in [0.5, 0.6) is 0 Å². The average Bonchev–Trinajstić information content (AvgIpc) is 2.17. The third-order valence-corrected chi connectivity index (χ3v) is 2.35. The molecule has 0 saturated heterocycles. The number of aromatic nitrogens is 2. The van der Waals surface area contributed by atoms with Crippen molar-refractivity contribution in [1.29, 1.82) is 0 Å². The van der Waals surface area contributed by atoms with E-state index in [0.717, 1.165) is 5.69 Å². The van der Waals surface area contributed by atoms with Crippen LogP contribution in [0.15, 0.2) is 4.47 Å². The van der Waals surface area contributed by atoms with E-state index in [0.29, 0.717) is 4.47 Å². The molecule has 0 bridgehead atoms. The first-order chi connectivity index (χ1) is 5.04. The van der Waals surface area contributed by atoms with E-state index >= 15 is 0 Å². The maximum Gasteiger partial charge on any atom is 0.404 e. The van der Waals surface area contributed by atoms with Crippen molar-refractivity contribution in [2.75, 3.05) is 0 Å². The number of rotatable bonds is 1. The molecule has 11 heavy (non-hydrogen) atoms. The number of nitro groups is 1. The van der Waals surface area contributed by atoms with E-state index in [4.69, 9.17) is 0 Å². The van der Waals surface area contributed by atoms with Gasteiger partial charge in [0.25, 0.3) is 0 Å². The minimum atomic E-state index is -0.517. The van der Waals surface area contributed by atoms with E-state index in [9.17, 15) is 10.1 Å². The van der Waals surface area contributed by atoms with Crippen LogP contribution in [0.4, 0.5) is 5.82 Å². The molecule has 5 nitrogen and oxygen atoms in total. The highest BCUT2D eigenvalue weighted by atomic mass is 79.9. The highest BCUT2D eigenvalue weighted by Crippen LogP contribution is 2.25. The Bertz CT molecular complexity index is 307. The Labute approximate surface area is 71.3 Å². The highest BCUT2D eigenvalue weighted by Gasteiger charge is 2.20. The topological polar surface area (TPSA) is 61.0 Å². The predicted molar refractivity (Wildman–Crippen MR) is 42.3 cm³/mol. The first-order valence-electron chi connectivity index (χ1n) is 2.87. The second-order valence-corrected chi connectivity index (χ2v) is 2.90. The summed E-state index contributed by atoms with van der Waals surface area (Å²) in [6.45, 7) is 1.75. The van der Waals surface area contributed by atoms with E-state index in [1.807, 2.05) is 0 Å². The lowest BCUT2D eigenvalue weighted by Gasteiger charge is -1.86. The lowest BCUT2D eigenvalue weighted by molar-refractivity contribution is -0.390. The van der Waals surface area contributed by atoms with Crippen LogP contribution >= 0.6 is 15.9 Å². The fourth-order valence-electron chi connectivity index (χ4n) is 0.682. The molecule has 1 rings (SSSR count). The molecule has 1 heterocycles. The monoisotopic (exact) mass is 219 g/mol. The Morgan fingerprint density at radius 3 is 2.45 bits per heavy atom. The van der Waals surface area contributed by atoms with Gasteiger partial charge >= 0.3 is 5.82 Å². The number of nitrogens with zero attached hydrogens (tertiary/aromatic N) is 3. The molecule has 0 spiro atoms. The Morgan fingerprint density at radius 2 is 2.27 bits per heavy atom. The first kappa shape index (κ1) is 8.19. The lowest BCUT2D eigenvalue weighted by Crippen LogP contribution is -1.93. The summed E-state index contributed by atoms with van der Waals surface area (Å²) in [4.78, 5) is 9.77. The van der Waals surface area contributed by atoms with Crippen molar-refractivity contribution < 1.29 is 4.92 Å². The molecule has 0 aliphatic heterocycles. The second-order valence-electron chi connectivity index (χ2n) is 2.10. The first-order valence-corrected chi connectivity index (χ1v) is 3.67. The second kappa shape index (κ2) is 2.61. The fraction of sp³-hybridized carbons (Fsp3) is 0.400. The average molecular weight is 220 g/mol. The van der Waals surface area contributed by atoms with Crippen LogP contribution in [0.2, 0.25) is 0 Å². The van der Waals surface area contributed by atoms with Gasteiger partial charge < -0.3 is 10.1 Å². The van der Waals surface area contributed by atoms with Gasteiger partial charge in [-0.2, -0.15) is 4.68 Å². The molecule has 0 aliphatic rings. The molecule has 60 valence electrons. The summed E-state index contributed by atoms with van der Waals surface area (Å²) in [7, 11) is 1.66. The Kier molecular flexibility index (Phi) is 1.95. The Hall–Kier alpha value is -0.910. The van der Waals surface area contributed by atoms with Gasteiger partial charge in [-0.25, -0.2) is 0 Å². The van der Waals surface area contributed by atoms with Gasteiger partial charge in [-0.3, -0.25) is 0 Å². The van der Waals surface area contributed by atoms with Crippen molar-refractivity contribution in [3.05, 3.63) is 20.3 Å². The van der Waals surface area contributed by atoms with Gasteiger partial charge in [0.15, 0.2) is 0 Å². The smallest absolute Gasteiger partial charge is 0.358 e. The summed E-state index contributed by atoms with van der Waals surface area (Å²) in [6.07, 6.45) is 0. The van der Waals surface area contributed by atoms with Crippen LogP contribution in [0.3, 0.4) is 0 Å². The summed E-state index contributed by atoms with van der Waals surface area (Å²) in [5.41, 5.74) is 0.747. The predicted octanol–water partition coefficient (Wildman–Crippen LogP) is 1.40. The minimum absolute atomic E-state index is 0.134. The van der Waals surface area contributed by atoms with E-state index < -0.39 is 4.92 Å². The van der Waals surface area contributed by atoms with E-state index in [1.165, 1.54) is 4.68 Å². The number of hydrogen-bond acceptors (Lipinski definition) is 3. The van der Waals surface area contributed by atoms with Gasteiger partial charge in [0.1, 0.15) is 4.47 Å². The maximum atomic E-state index is 10.3. The van der Waals surface area contributed by atoms with Gasteiger partial charge in [0, 0.05) is 0 Å². The van der Waals surface area contributed by atoms with Crippen molar-refractivity contribution in [2.45, 2.75) is 6.92 Å². The summed E-state index contributed by atoms with van der Waals surface area (Å²) in [6, 6.07) is 0. The van der Waals surface area contributed by atoms with Gasteiger partial charge in [-0.15, -0.1) is 0 Å². The Morgan fingerprint density at radius 1 is 1.73 bits per heavy atom. The van der Waals surface area contributed by atoms with Crippen molar-refractivity contribution in [3.63, 3.8) is 0 Å². The summed E-state index contributed by atoms with van der Waals surface area (Å²) in [5.74, 6) is -0.134. The molecule has 0 N–H and O–H groups in total. The lowest BCUT2D eigenvalue weighted by atomic mass is 10.5. The minimum Gasteiger partial charge on any atom is -0.358 e. The summed E-state index contributed by atoms with van der Waals surface area (Å²) >= 11 is 3.08. The number of aryl methyl sites for hydroxylation is 1. The van der Waals surface area contributed by atoms with E-state index in [2.05, 4.69) is 21.0 Å². The molecule has 1 aromatic heterocycles. The van der Waals surface area contributed by atoms with Crippen LogP contribution in [-0.2, 0) is 7.05 Å². The molecule has 0 aliphatic carbocycles. The van der Waals surface area contributed by atoms with Gasteiger partial charge in [0.2, 0.25) is 0 Å². The third-order valence-electron chi connectivity index (χ3n) is 1.42. The zero-order chi connectivity index (χ0) is 8.59. The van der Waals surface area contributed by atoms with Crippen molar-refractivity contribution in [2.24, 2.45) is 7.05 Å². The standard InChI is InChI=1S/C5H6BrN3O2/c1-3-4(6)5(9(10)11)7-8(3)2/h1-2H3. The number of halogens is 1. The number of hydrogen-bond donors (Lipinski definition) is 0. The van der Waals surface area contributed by atoms with Gasteiger partial charge in [-0.1, -0.05) is 0 Å². The normalized spacial score (nSPS) is 10.1. The molecule has 6 heteroatoms.